The fraction of sp³-hybridized carbons (Fsp3) is 0.542. The van der Waals surface area contributed by atoms with Crippen LogP contribution in [0, 0.1) is 5.92 Å². The Morgan fingerprint density at radius 1 is 1.07 bits per heavy atom. The normalized spacial score (nSPS) is 13.8. The van der Waals surface area contributed by atoms with Crippen LogP contribution in [0.1, 0.15) is 66.0 Å². The minimum Gasteiger partial charge on any atom is -0.463 e. The fourth-order valence-electron chi connectivity index (χ4n) is 3.26. The zero-order valence-electron chi connectivity index (χ0n) is 24.2. The first-order valence-corrected chi connectivity index (χ1v) is 13.6. The third kappa shape index (κ3) is 11.0. The van der Waals surface area contributed by atoms with Crippen LogP contribution >= 0.6 is 8.46 Å². The maximum absolute atomic E-state index is 12.6. The van der Waals surface area contributed by atoms with Gasteiger partial charge in [-0.05, 0) is 47.6 Å². The molecule has 1 aromatic carbocycles. The Kier molecular flexibility index (Phi) is 11.8. The topological polar surface area (TPSA) is 231 Å². The van der Waals surface area contributed by atoms with Crippen LogP contribution in [0.4, 0.5) is 20.1 Å². The smallest absolute Gasteiger partial charge is 0.433 e. The molecule has 2 aromatic rings. The van der Waals surface area contributed by atoms with Gasteiger partial charge in [0, 0.05) is 17.6 Å². The van der Waals surface area contributed by atoms with E-state index >= 15 is 0 Å². The average molecular weight is 611 g/mol. The first-order valence-electron chi connectivity index (χ1n) is 12.6. The van der Waals surface area contributed by atoms with Gasteiger partial charge in [0.15, 0.2) is 20.8 Å². The van der Waals surface area contributed by atoms with Crippen molar-refractivity contribution >= 4 is 38.4 Å². The van der Waals surface area contributed by atoms with Crippen LogP contribution in [-0.4, -0.2) is 83.8 Å². The Balaban J connectivity index is 2.61. The predicted octanol–water partition coefficient (Wildman–Crippen LogP) is 3.97. The third-order valence-electron chi connectivity index (χ3n) is 4.85. The van der Waals surface area contributed by atoms with Gasteiger partial charge < -0.3 is 19.3 Å². The highest BCUT2D eigenvalue weighted by Gasteiger charge is 2.35. The maximum Gasteiger partial charge on any atom is 0.433 e. The number of hydrogen-bond donors (Lipinski definition) is 5. The summed E-state index contributed by atoms with van der Waals surface area (Å²) in [5.41, 5.74) is -1.43. The molecule has 17 nitrogen and oxygen atoms in total. The number of nitrogens with zero attached hydrogens (tertiary/aromatic N) is 5. The van der Waals surface area contributed by atoms with Gasteiger partial charge in [-0.25, -0.2) is 19.4 Å². The lowest BCUT2D eigenvalue weighted by Gasteiger charge is -2.31. The SMILES string of the molecule is CC(CP=O)C(OC(c1nn[nH]n1)c1ccccc1N=C(NC(=O)OC(C)(C)C)NC(=O)OC(C)(C)C)N(O)C(=O)O. The van der Waals surface area contributed by atoms with Crippen LogP contribution in [-0.2, 0) is 18.8 Å². The molecule has 5 N–H and O–H groups in total. The fourth-order valence-corrected chi connectivity index (χ4v) is 3.68. The number of amides is 3. The van der Waals surface area contributed by atoms with Gasteiger partial charge in [-0.1, -0.05) is 30.3 Å². The number of hydroxylamine groups is 2. The number of para-hydroxylation sites is 1. The second-order valence-corrected chi connectivity index (χ2v) is 11.5. The average Bonchev–Trinajstić information content (AvgIpc) is 3.37. The van der Waals surface area contributed by atoms with Crippen molar-refractivity contribution in [2.24, 2.45) is 10.9 Å². The maximum atomic E-state index is 12.6. The number of aromatic amines is 1. The number of carboxylic acid groups (broad SMARTS) is 1. The summed E-state index contributed by atoms with van der Waals surface area (Å²) in [5, 5.41) is 38.1. The van der Waals surface area contributed by atoms with E-state index in [1.165, 1.54) is 19.1 Å². The van der Waals surface area contributed by atoms with E-state index in [9.17, 15) is 29.3 Å². The van der Waals surface area contributed by atoms with E-state index in [2.05, 4.69) is 36.3 Å². The number of tetrazole rings is 1. The standard InChI is InChI=1S/C24H35N8O9P/c1-13(12-42-38)18(32(37)22(35)36)39-16(17-28-30-31-29-17)14-10-8-9-11-15(14)25-19(26-20(33)40-23(2,3)4)27-21(34)41-24(5,6)7/h8-11,13,16,18,37H,12H2,1-7H3,(H,35,36)(H,28,29,30,31)(H2,25,26,27,33,34). The van der Waals surface area contributed by atoms with Crippen LogP contribution in [0.5, 0.6) is 0 Å². The van der Waals surface area contributed by atoms with Gasteiger partial charge in [-0.3, -0.25) is 20.4 Å². The molecule has 230 valence electrons. The molecule has 1 heterocycles. The Hall–Kier alpha value is -4.21. The number of carbonyl (C=O) groups excluding carboxylic acids is 2. The van der Waals surface area contributed by atoms with Crippen LogP contribution < -0.4 is 10.6 Å². The van der Waals surface area contributed by atoms with Crippen molar-refractivity contribution in [2.75, 3.05) is 6.16 Å². The van der Waals surface area contributed by atoms with E-state index in [-0.39, 0.29) is 42.7 Å². The molecule has 3 amide bonds. The van der Waals surface area contributed by atoms with E-state index in [0.29, 0.717) is 0 Å². The summed E-state index contributed by atoms with van der Waals surface area (Å²) in [7, 11) is -0.311. The van der Waals surface area contributed by atoms with E-state index in [1.807, 2.05) is 0 Å². The van der Waals surface area contributed by atoms with Crippen molar-refractivity contribution in [3.63, 3.8) is 0 Å². The van der Waals surface area contributed by atoms with E-state index in [0.717, 1.165) is 0 Å². The zero-order valence-corrected chi connectivity index (χ0v) is 25.1. The van der Waals surface area contributed by atoms with Gasteiger partial charge >= 0.3 is 18.3 Å². The first kappa shape index (κ1) is 34.0. The largest absolute Gasteiger partial charge is 0.463 e. The minimum atomic E-state index is -1.72. The number of carbonyl (C=O) groups is 3. The Morgan fingerprint density at radius 3 is 2.12 bits per heavy atom. The number of aliphatic imine (C=N–C) groups is 1. The highest BCUT2D eigenvalue weighted by atomic mass is 31.1. The molecular formula is C24H35N8O9P. The molecule has 0 aliphatic rings. The monoisotopic (exact) mass is 610 g/mol. The van der Waals surface area contributed by atoms with Crippen LogP contribution in [0.15, 0.2) is 29.3 Å². The molecule has 0 aliphatic heterocycles. The number of aromatic nitrogens is 4. The third-order valence-corrected chi connectivity index (χ3v) is 5.57. The lowest BCUT2D eigenvalue weighted by atomic mass is 10.1. The molecule has 18 heteroatoms. The van der Waals surface area contributed by atoms with Crippen molar-refractivity contribution in [1.82, 2.24) is 36.3 Å². The van der Waals surface area contributed by atoms with E-state index < -0.39 is 47.7 Å². The van der Waals surface area contributed by atoms with Crippen molar-refractivity contribution in [2.45, 2.75) is 72.0 Å². The molecule has 42 heavy (non-hydrogen) atoms. The molecular weight excluding hydrogens is 575 g/mol. The predicted molar refractivity (Wildman–Crippen MR) is 146 cm³/mol. The quantitative estimate of drug-likeness (QED) is 0.0678. The molecule has 0 saturated carbocycles. The summed E-state index contributed by atoms with van der Waals surface area (Å²) in [6.07, 6.45) is -6.48. The number of ether oxygens (including phenoxy) is 3. The highest BCUT2D eigenvalue weighted by Crippen LogP contribution is 2.34. The summed E-state index contributed by atoms with van der Waals surface area (Å²) in [6, 6.07) is 6.24. The van der Waals surface area contributed by atoms with Crippen molar-refractivity contribution in [3.05, 3.63) is 35.7 Å². The lowest BCUT2D eigenvalue weighted by Crippen LogP contribution is -2.47. The summed E-state index contributed by atoms with van der Waals surface area (Å²) in [6.45, 7) is 11.4. The van der Waals surface area contributed by atoms with E-state index in [1.54, 1.807) is 53.7 Å². The number of benzene rings is 1. The van der Waals surface area contributed by atoms with Crippen LogP contribution in [0.25, 0.3) is 0 Å². The summed E-state index contributed by atoms with van der Waals surface area (Å²) < 4.78 is 27.8. The lowest BCUT2D eigenvalue weighted by molar-refractivity contribution is -0.216. The molecule has 1 aromatic heterocycles. The van der Waals surface area contributed by atoms with Gasteiger partial charge in [0.1, 0.15) is 11.2 Å². The Morgan fingerprint density at radius 2 is 1.64 bits per heavy atom. The van der Waals surface area contributed by atoms with Crippen molar-refractivity contribution in [1.29, 1.82) is 0 Å². The first-order chi connectivity index (χ1) is 19.5. The second kappa shape index (κ2) is 14.6. The Labute approximate surface area is 243 Å². The molecule has 0 saturated heterocycles. The summed E-state index contributed by atoms with van der Waals surface area (Å²) in [5.74, 6) is -1.22. The van der Waals surface area contributed by atoms with Crippen LogP contribution in [0.3, 0.4) is 0 Å². The van der Waals surface area contributed by atoms with Crippen molar-refractivity contribution < 1.29 is 43.5 Å². The van der Waals surface area contributed by atoms with Gasteiger partial charge in [0.05, 0.1) is 5.69 Å². The molecule has 3 unspecified atom stereocenters. The Bertz CT molecular complexity index is 1230. The summed E-state index contributed by atoms with van der Waals surface area (Å²) >= 11 is 0. The molecule has 0 radical (unpaired) electrons. The van der Waals surface area contributed by atoms with Crippen LogP contribution in [0.2, 0.25) is 0 Å². The number of hydrogen-bond acceptors (Lipinski definition) is 12. The minimum absolute atomic E-state index is 0.0580. The second-order valence-electron chi connectivity index (χ2n) is 10.9. The molecule has 2 rings (SSSR count). The molecule has 0 spiro atoms. The van der Waals surface area contributed by atoms with Gasteiger partial charge in [-0.15, -0.1) is 10.2 Å². The molecule has 0 fully saturated rings. The van der Waals surface area contributed by atoms with E-state index in [4.69, 9.17) is 14.2 Å². The van der Waals surface area contributed by atoms with Gasteiger partial charge in [0.2, 0.25) is 11.8 Å². The number of nitrogens with one attached hydrogen (secondary N) is 3. The molecule has 0 aliphatic carbocycles. The molecule has 3 atom stereocenters. The van der Waals surface area contributed by atoms with Gasteiger partial charge in [-0.2, -0.15) is 10.3 Å². The van der Waals surface area contributed by atoms with Crippen molar-refractivity contribution in [3.8, 4) is 0 Å². The molecule has 0 bridgehead atoms. The zero-order chi connectivity index (χ0) is 31.7. The number of alkyl carbamates (subject to hydrolysis) is 2. The number of H-pyrrole nitrogens is 1. The summed E-state index contributed by atoms with van der Waals surface area (Å²) in [4.78, 5) is 41.1. The number of rotatable bonds is 9. The highest BCUT2D eigenvalue weighted by molar-refractivity contribution is 7.23. The number of guanidine groups is 1. The van der Waals surface area contributed by atoms with Gasteiger partial charge in [0.25, 0.3) is 0 Å².